The molecule has 1 rings (SSSR count). The first-order chi connectivity index (χ1) is 14.3. The van der Waals surface area contributed by atoms with Crippen molar-refractivity contribution in [2.24, 2.45) is 17.2 Å². The summed E-state index contributed by atoms with van der Waals surface area (Å²) in [7, 11) is 0. The molecule has 0 spiro atoms. The number of hydrogen-bond acceptors (Lipinski definition) is 9. The number of phenolic OH excluding ortho intramolecular Hbond substituents is 1. The van der Waals surface area contributed by atoms with Gasteiger partial charge in [-0.05, 0) is 17.7 Å². The molecule has 0 aromatic heterocycles. The minimum atomic E-state index is -1.08. The molecule has 31 heavy (non-hydrogen) atoms. The van der Waals surface area contributed by atoms with E-state index in [-0.39, 0.29) is 37.7 Å². The van der Waals surface area contributed by atoms with E-state index >= 15 is 0 Å². The number of amides is 1. The van der Waals surface area contributed by atoms with Crippen molar-refractivity contribution in [1.29, 1.82) is 0 Å². The van der Waals surface area contributed by atoms with Crippen molar-refractivity contribution in [2.45, 2.75) is 19.4 Å². The Morgan fingerprint density at radius 2 is 1.13 bits per heavy atom. The molecule has 1 atom stereocenters. The molecule has 1 amide bonds. The topological polar surface area (TPSA) is 277 Å². The Bertz CT molecular complexity index is 661. The highest BCUT2D eigenvalue weighted by atomic mass is 16.4. The van der Waals surface area contributed by atoms with Crippen LogP contribution in [0, 0.1) is 0 Å². The molecular weight excluding hydrogens is 420 g/mol. The van der Waals surface area contributed by atoms with Crippen molar-refractivity contribution in [3.63, 3.8) is 0 Å². The molecular formula is C17H28N4O10. The van der Waals surface area contributed by atoms with Crippen LogP contribution in [0.4, 0.5) is 0 Å². The first-order valence-corrected chi connectivity index (χ1v) is 8.33. The average Bonchev–Trinajstić information content (AvgIpc) is 2.69. The molecule has 1 unspecified atom stereocenters. The lowest BCUT2D eigenvalue weighted by molar-refractivity contribution is -0.141. The van der Waals surface area contributed by atoms with Gasteiger partial charge in [0.05, 0.1) is 19.6 Å². The first kappa shape index (κ1) is 31.9. The van der Waals surface area contributed by atoms with Gasteiger partial charge >= 0.3 is 23.9 Å². The van der Waals surface area contributed by atoms with Crippen LogP contribution in [0.25, 0.3) is 0 Å². The van der Waals surface area contributed by atoms with Crippen LogP contribution in [0.15, 0.2) is 24.3 Å². The van der Waals surface area contributed by atoms with Crippen LogP contribution < -0.4 is 22.5 Å². The second-order valence-electron chi connectivity index (χ2n) is 5.26. The first-order valence-electron chi connectivity index (χ1n) is 8.33. The predicted molar refractivity (Wildman–Crippen MR) is 107 cm³/mol. The summed E-state index contributed by atoms with van der Waals surface area (Å²) in [5.41, 5.74) is 14.5. The number of benzene rings is 1. The van der Waals surface area contributed by atoms with E-state index in [2.05, 4.69) is 22.5 Å². The van der Waals surface area contributed by atoms with Crippen LogP contribution in [-0.4, -0.2) is 81.0 Å². The fraction of sp³-hybridized carbons (Fsp3) is 0.353. The van der Waals surface area contributed by atoms with Crippen LogP contribution in [0.1, 0.15) is 12.5 Å². The number of rotatable bonds is 7. The number of aromatic hydroxyl groups is 1. The third-order valence-electron chi connectivity index (χ3n) is 2.58. The second-order valence-corrected chi connectivity index (χ2v) is 5.26. The maximum Gasteiger partial charge on any atom is 0.326 e. The molecule has 0 heterocycles. The molecule has 0 saturated heterocycles. The standard InChI is InChI=1S/C11H13NO4.3C2H5NO2/c1-7(13)12-10(11(15)16)6-8-2-4-9(14)5-3-8;3*3-1-2(4)5/h2-5,10,14H,6H2,1H3,(H,12,13)(H,15,16);3*1,3H2,(H,4,5). The monoisotopic (exact) mass is 448 g/mol. The maximum atomic E-state index is 10.8. The summed E-state index contributed by atoms with van der Waals surface area (Å²) in [5.74, 6) is -4.25. The fourth-order valence-corrected chi connectivity index (χ4v) is 1.31. The maximum absolute atomic E-state index is 10.8. The van der Waals surface area contributed by atoms with Crippen molar-refractivity contribution in [2.75, 3.05) is 19.6 Å². The predicted octanol–water partition coefficient (Wildman–Crippen LogP) is -2.39. The van der Waals surface area contributed by atoms with Crippen LogP contribution in [-0.2, 0) is 30.4 Å². The van der Waals surface area contributed by atoms with E-state index in [4.69, 9.17) is 25.5 Å². The van der Waals surface area contributed by atoms with E-state index in [1.165, 1.54) is 19.1 Å². The molecule has 1 aromatic carbocycles. The van der Waals surface area contributed by atoms with E-state index < -0.39 is 29.9 Å². The molecule has 0 aliphatic rings. The minimum Gasteiger partial charge on any atom is -0.508 e. The van der Waals surface area contributed by atoms with E-state index in [9.17, 15) is 24.0 Å². The van der Waals surface area contributed by atoms with Crippen molar-refractivity contribution < 1.29 is 49.5 Å². The zero-order valence-corrected chi connectivity index (χ0v) is 16.7. The van der Waals surface area contributed by atoms with Gasteiger partial charge in [0.1, 0.15) is 11.8 Å². The molecule has 0 bridgehead atoms. The summed E-state index contributed by atoms with van der Waals surface area (Å²) in [6.45, 7) is 0.437. The number of aliphatic carboxylic acids is 4. The highest BCUT2D eigenvalue weighted by Gasteiger charge is 2.18. The number of hydrogen-bond donors (Lipinski definition) is 9. The SMILES string of the molecule is CC(=O)NC(Cc1ccc(O)cc1)C(=O)O.NCC(=O)O.NCC(=O)O.NCC(=O)O. The van der Waals surface area contributed by atoms with Crippen LogP contribution in [0.5, 0.6) is 5.75 Å². The molecule has 14 heteroatoms. The summed E-state index contributed by atoms with van der Waals surface area (Å²) in [5, 5.41) is 43.1. The summed E-state index contributed by atoms with van der Waals surface area (Å²) in [6, 6.07) is 5.24. The smallest absolute Gasteiger partial charge is 0.326 e. The van der Waals surface area contributed by atoms with Gasteiger partial charge in [-0.15, -0.1) is 0 Å². The minimum absolute atomic E-state index is 0.121. The lowest BCUT2D eigenvalue weighted by Gasteiger charge is -2.13. The van der Waals surface area contributed by atoms with Gasteiger partial charge < -0.3 is 48.1 Å². The molecule has 0 aliphatic carbocycles. The third kappa shape index (κ3) is 26.2. The molecule has 176 valence electrons. The quantitative estimate of drug-likeness (QED) is 0.211. The van der Waals surface area contributed by atoms with Gasteiger partial charge in [0, 0.05) is 13.3 Å². The van der Waals surface area contributed by atoms with Gasteiger partial charge in [-0.3, -0.25) is 19.2 Å². The van der Waals surface area contributed by atoms with Crippen LogP contribution >= 0.6 is 0 Å². The lowest BCUT2D eigenvalue weighted by Crippen LogP contribution is -2.41. The molecule has 1 aromatic rings. The zero-order chi connectivity index (χ0) is 25.0. The van der Waals surface area contributed by atoms with Crippen molar-refractivity contribution >= 4 is 29.8 Å². The van der Waals surface area contributed by atoms with E-state index in [1.807, 2.05) is 0 Å². The Kier molecular flexibility index (Phi) is 20.1. The summed E-state index contributed by atoms with van der Waals surface area (Å²) in [6.07, 6.45) is 0.190. The highest BCUT2D eigenvalue weighted by Crippen LogP contribution is 2.11. The Labute approximate surface area is 177 Å². The van der Waals surface area contributed by atoms with Crippen molar-refractivity contribution in [3.05, 3.63) is 29.8 Å². The van der Waals surface area contributed by atoms with Gasteiger partial charge in [-0.25, -0.2) is 4.79 Å². The number of nitrogens with two attached hydrogens (primary N) is 3. The molecule has 0 saturated carbocycles. The average molecular weight is 448 g/mol. The number of carbonyl (C=O) groups excluding carboxylic acids is 1. The molecule has 12 N–H and O–H groups in total. The zero-order valence-electron chi connectivity index (χ0n) is 16.7. The largest absolute Gasteiger partial charge is 0.508 e. The Morgan fingerprint density at radius 3 is 1.35 bits per heavy atom. The van der Waals surface area contributed by atoms with E-state index in [0.717, 1.165) is 5.56 Å². The van der Waals surface area contributed by atoms with Gasteiger partial charge in [0.2, 0.25) is 5.91 Å². The molecule has 0 aliphatic heterocycles. The highest BCUT2D eigenvalue weighted by molar-refractivity contribution is 5.82. The second kappa shape index (κ2) is 19.6. The Balaban J connectivity index is -0.000000428. The summed E-state index contributed by atoms with van der Waals surface area (Å²) in [4.78, 5) is 49.4. The van der Waals surface area contributed by atoms with Gasteiger partial charge in [0.15, 0.2) is 0 Å². The van der Waals surface area contributed by atoms with Gasteiger partial charge in [-0.1, -0.05) is 12.1 Å². The van der Waals surface area contributed by atoms with E-state index in [1.54, 1.807) is 12.1 Å². The van der Waals surface area contributed by atoms with Gasteiger partial charge in [-0.2, -0.15) is 0 Å². The Hall–Kier alpha value is -3.75. The Morgan fingerprint density at radius 1 is 0.806 bits per heavy atom. The number of carboxylic acid groups (broad SMARTS) is 4. The number of carbonyl (C=O) groups is 5. The number of phenols is 1. The van der Waals surface area contributed by atoms with Crippen molar-refractivity contribution in [3.8, 4) is 5.75 Å². The molecule has 0 radical (unpaired) electrons. The van der Waals surface area contributed by atoms with Crippen LogP contribution in [0.2, 0.25) is 0 Å². The van der Waals surface area contributed by atoms with E-state index in [0.29, 0.717) is 0 Å². The summed E-state index contributed by atoms with van der Waals surface area (Å²) >= 11 is 0. The lowest BCUT2D eigenvalue weighted by atomic mass is 10.1. The third-order valence-corrected chi connectivity index (χ3v) is 2.58. The fourth-order valence-electron chi connectivity index (χ4n) is 1.31. The van der Waals surface area contributed by atoms with Gasteiger partial charge in [0.25, 0.3) is 0 Å². The molecule has 0 fully saturated rings. The normalized spacial score (nSPS) is 9.68. The molecule has 14 nitrogen and oxygen atoms in total. The summed E-state index contributed by atoms with van der Waals surface area (Å²) < 4.78 is 0. The van der Waals surface area contributed by atoms with Crippen molar-refractivity contribution in [1.82, 2.24) is 5.32 Å². The number of carboxylic acids is 4. The van der Waals surface area contributed by atoms with Crippen LogP contribution in [0.3, 0.4) is 0 Å². The number of nitrogens with one attached hydrogen (secondary N) is 1.